The maximum absolute atomic E-state index is 5.24. The van der Waals surface area contributed by atoms with Crippen LogP contribution in [0, 0.1) is 5.92 Å². The summed E-state index contributed by atoms with van der Waals surface area (Å²) < 4.78 is 0. The van der Waals surface area contributed by atoms with Crippen LogP contribution in [-0.4, -0.2) is 10.7 Å². The van der Waals surface area contributed by atoms with Gasteiger partial charge in [0.1, 0.15) is 5.82 Å². The Hall–Kier alpha value is -0.740. The van der Waals surface area contributed by atoms with E-state index in [0.717, 1.165) is 11.7 Å². The molecule has 1 heterocycles. The number of nitrogens with zero attached hydrogens (tertiary/aromatic N) is 1. The molecule has 3 N–H and O–H groups in total. The zero-order valence-electron chi connectivity index (χ0n) is 9.36. The maximum Gasteiger partial charge on any atom is 0.139 e. The quantitative estimate of drug-likeness (QED) is 0.577. The Balaban J connectivity index is 2.31. The van der Waals surface area contributed by atoms with Crippen molar-refractivity contribution in [2.45, 2.75) is 26.0 Å². The number of nitrogens with one attached hydrogen (secondary N) is 1. The van der Waals surface area contributed by atoms with Crippen molar-refractivity contribution in [1.82, 2.24) is 4.98 Å². The van der Waals surface area contributed by atoms with E-state index < -0.39 is 0 Å². The van der Waals surface area contributed by atoms with Gasteiger partial charge in [0, 0.05) is 11.9 Å². The van der Waals surface area contributed by atoms with Crippen LogP contribution in [-0.2, 0) is 5.75 Å². The molecule has 1 atom stereocenters. The van der Waals surface area contributed by atoms with Crippen LogP contribution in [0.4, 0.5) is 5.82 Å². The Labute approximate surface area is 95.8 Å². The van der Waals surface area contributed by atoms with Crippen LogP contribution >= 0.6 is 11.8 Å². The fourth-order valence-electron chi connectivity index (χ4n) is 1.09. The second kappa shape index (κ2) is 6.69. The molecule has 0 aliphatic heterocycles. The molecule has 0 fully saturated rings. The summed E-state index contributed by atoms with van der Waals surface area (Å²) in [6.45, 7) is 4.52. The Kier molecular flexibility index (Phi) is 5.50. The van der Waals surface area contributed by atoms with Crippen LogP contribution in [0.1, 0.15) is 25.8 Å². The van der Waals surface area contributed by atoms with Crippen molar-refractivity contribution in [2.24, 2.45) is 11.8 Å². The molecule has 0 amide bonds. The first-order chi connectivity index (χ1) is 7.26. The molecule has 1 unspecified atom stereocenters. The molecule has 0 bridgehead atoms. The summed E-state index contributed by atoms with van der Waals surface area (Å²) in [5, 5.41) is 0. The van der Waals surface area contributed by atoms with E-state index in [1.165, 1.54) is 17.7 Å². The SMILES string of the molecule is CCC(C)CSCc1ccc(NN)nc1. The number of pyridine rings is 1. The topological polar surface area (TPSA) is 50.9 Å². The summed E-state index contributed by atoms with van der Waals surface area (Å²) in [5.74, 6) is 9.00. The lowest BCUT2D eigenvalue weighted by Crippen LogP contribution is -2.08. The predicted molar refractivity (Wildman–Crippen MR) is 67.7 cm³/mol. The van der Waals surface area contributed by atoms with E-state index in [1.54, 1.807) is 0 Å². The van der Waals surface area contributed by atoms with Gasteiger partial charge in [0.05, 0.1) is 0 Å². The highest BCUT2D eigenvalue weighted by molar-refractivity contribution is 7.98. The van der Waals surface area contributed by atoms with Crippen LogP contribution in [0.5, 0.6) is 0 Å². The van der Waals surface area contributed by atoms with Gasteiger partial charge in [0.15, 0.2) is 0 Å². The minimum Gasteiger partial charge on any atom is -0.308 e. The fourth-order valence-corrected chi connectivity index (χ4v) is 2.25. The number of nitrogens with two attached hydrogens (primary N) is 1. The lowest BCUT2D eigenvalue weighted by Gasteiger charge is -2.07. The normalized spacial score (nSPS) is 12.5. The van der Waals surface area contributed by atoms with Crippen molar-refractivity contribution in [3.63, 3.8) is 0 Å². The van der Waals surface area contributed by atoms with Gasteiger partial charge < -0.3 is 5.43 Å². The first-order valence-corrected chi connectivity index (χ1v) is 6.41. The summed E-state index contributed by atoms with van der Waals surface area (Å²) in [5.41, 5.74) is 3.77. The number of hydrazine groups is 1. The smallest absolute Gasteiger partial charge is 0.139 e. The highest BCUT2D eigenvalue weighted by Crippen LogP contribution is 2.17. The van der Waals surface area contributed by atoms with Crippen LogP contribution in [0.25, 0.3) is 0 Å². The molecule has 1 aromatic rings. The third-order valence-corrected chi connectivity index (χ3v) is 3.68. The highest BCUT2D eigenvalue weighted by Gasteiger charge is 2.00. The van der Waals surface area contributed by atoms with Gasteiger partial charge in [-0.2, -0.15) is 11.8 Å². The van der Waals surface area contributed by atoms with Gasteiger partial charge in [-0.05, 0) is 23.3 Å². The molecule has 0 saturated heterocycles. The van der Waals surface area contributed by atoms with E-state index in [9.17, 15) is 0 Å². The van der Waals surface area contributed by atoms with Crippen LogP contribution in [0.15, 0.2) is 18.3 Å². The summed E-state index contributed by atoms with van der Waals surface area (Å²) in [4.78, 5) is 4.17. The summed E-state index contributed by atoms with van der Waals surface area (Å²) in [6, 6.07) is 3.96. The molecule has 4 heteroatoms. The summed E-state index contributed by atoms with van der Waals surface area (Å²) in [6.07, 6.45) is 3.13. The Morgan fingerprint density at radius 2 is 2.33 bits per heavy atom. The zero-order chi connectivity index (χ0) is 11.1. The number of anilines is 1. The van der Waals surface area contributed by atoms with Crippen molar-refractivity contribution in [3.05, 3.63) is 23.9 Å². The fraction of sp³-hybridized carbons (Fsp3) is 0.545. The molecule has 84 valence electrons. The van der Waals surface area contributed by atoms with E-state index in [4.69, 9.17) is 5.84 Å². The van der Waals surface area contributed by atoms with E-state index in [0.29, 0.717) is 5.82 Å². The van der Waals surface area contributed by atoms with Crippen molar-refractivity contribution >= 4 is 17.6 Å². The number of nitrogen functional groups attached to an aromatic ring is 1. The molecule has 0 saturated carbocycles. The van der Waals surface area contributed by atoms with Gasteiger partial charge in [-0.15, -0.1) is 0 Å². The summed E-state index contributed by atoms with van der Waals surface area (Å²) >= 11 is 1.96. The number of thioether (sulfide) groups is 1. The third kappa shape index (κ3) is 4.53. The van der Waals surface area contributed by atoms with E-state index in [2.05, 4.69) is 30.3 Å². The van der Waals surface area contributed by atoms with Crippen molar-refractivity contribution in [1.29, 1.82) is 0 Å². The highest BCUT2D eigenvalue weighted by atomic mass is 32.2. The average Bonchev–Trinajstić information content (AvgIpc) is 2.29. The van der Waals surface area contributed by atoms with E-state index >= 15 is 0 Å². The first kappa shape index (κ1) is 12.3. The molecule has 1 aromatic heterocycles. The maximum atomic E-state index is 5.24. The standard InChI is InChI=1S/C11H19N3S/c1-3-9(2)7-15-8-10-4-5-11(14-12)13-6-10/h4-6,9H,3,7-8,12H2,1-2H3,(H,13,14). The Morgan fingerprint density at radius 3 is 2.87 bits per heavy atom. The van der Waals surface area contributed by atoms with E-state index in [-0.39, 0.29) is 0 Å². The Bertz CT molecular complexity index is 274. The van der Waals surface area contributed by atoms with Gasteiger partial charge in [-0.25, -0.2) is 10.8 Å². The molecule has 0 aliphatic rings. The average molecular weight is 225 g/mol. The second-order valence-electron chi connectivity index (χ2n) is 3.72. The number of aromatic nitrogens is 1. The third-order valence-electron chi connectivity index (χ3n) is 2.34. The predicted octanol–water partition coefficient (Wildman–Crippen LogP) is 2.65. The van der Waals surface area contributed by atoms with Gasteiger partial charge in [0.2, 0.25) is 0 Å². The van der Waals surface area contributed by atoms with Gasteiger partial charge in [0.25, 0.3) is 0 Å². The minimum atomic E-state index is 0.714. The summed E-state index contributed by atoms with van der Waals surface area (Å²) in [7, 11) is 0. The Morgan fingerprint density at radius 1 is 1.53 bits per heavy atom. The van der Waals surface area contributed by atoms with E-state index in [1.807, 2.05) is 24.0 Å². The van der Waals surface area contributed by atoms with Crippen molar-refractivity contribution < 1.29 is 0 Å². The molecule has 0 aromatic carbocycles. The molecular formula is C11H19N3S. The van der Waals surface area contributed by atoms with Crippen LogP contribution in [0.3, 0.4) is 0 Å². The largest absolute Gasteiger partial charge is 0.308 e. The molecule has 15 heavy (non-hydrogen) atoms. The lowest BCUT2D eigenvalue weighted by molar-refractivity contribution is 0.637. The van der Waals surface area contributed by atoms with Gasteiger partial charge in [-0.1, -0.05) is 26.3 Å². The molecule has 0 radical (unpaired) electrons. The second-order valence-corrected chi connectivity index (χ2v) is 4.75. The van der Waals surface area contributed by atoms with Crippen molar-refractivity contribution in [3.8, 4) is 0 Å². The zero-order valence-corrected chi connectivity index (χ0v) is 10.2. The van der Waals surface area contributed by atoms with Crippen LogP contribution in [0.2, 0.25) is 0 Å². The molecule has 3 nitrogen and oxygen atoms in total. The molecule has 0 spiro atoms. The molecule has 1 rings (SSSR count). The van der Waals surface area contributed by atoms with Crippen LogP contribution < -0.4 is 11.3 Å². The number of hydrogen-bond donors (Lipinski definition) is 2. The molecule has 0 aliphatic carbocycles. The minimum absolute atomic E-state index is 0.714. The lowest BCUT2D eigenvalue weighted by atomic mass is 10.2. The first-order valence-electron chi connectivity index (χ1n) is 5.25. The number of hydrogen-bond acceptors (Lipinski definition) is 4. The molecular weight excluding hydrogens is 206 g/mol. The van der Waals surface area contributed by atoms with Gasteiger partial charge >= 0.3 is 0 Å². The monoisotopic (exact) mass is 225 g/mol. The van der Waals surface area contributed by atoms with Gasteiger partial charge in [-0.3, -0.25) is 0 Å². The number of rotatable bonds is 6. The van der Waals surface area contributed by atoms with Crippen molar-refractivity contribution in [2.75, 3.05) is 11.2 Å².